The molecule has 0 unspecified atom stereocenters. The molecule has 0 atom stereocenters. The summed E-state index contributed by atoms with van der Waals surface area (Å²) in [5.74, 6) is 0.153. The second-order valence-electron chi connectivity index (χ2n) is 5.26. The van der Waals surface area contributed by atoms with E-state index in [-0.39, 0.29) is 17.7 Å². The molecule has 114 valence electrons. The maximum absolute atomic E-state index is 12.6. The van der Waals surface area contributed by atoms with Crippen LogP contribution in [-0.4, -0.2) is 43.4 Å². The molecule has 2 N–H and O–H groups in total. The molecule has 1 aliphatic rings. The topological polar surface area (TPSA) is 61.4 Å². The Morgan fingerprint density at radius 1 is 1.24 bits per heavy atom. The number of nitrogens with zero attached hydrogens (tertiary/aromatic N) is 1. The number of carbonyl (C=O) groups is 2. The minimum Gasteiger partial charge on any atom is -0.385 e. The van der Waals surface area contributed by atoms with Gasteiger partial charge in [0.15, 0.2) is 0 Å². The van der Waals surface area contributed by atoms with Gasteiger partial charge in [0.05, 0.1) is 5.56 Å². The summed E-state index contributed by atoms with van der Waals surface area (Å²) in [6.07, 6.45) is 1.46. The third-order valence-corrected chi connectivity index (χ3v) is 3.92. The molecule has 5 heteroatoms. The zero-order valence-electron chi connectivity index (χ0n) is 12.7. The van der Waals surface area contributed by atoms with Crippen LogP contribution < -0.4 is 10.6 Å². The van der Waals surface area contributed by atoms with E-state index in [1.54, 1.807) is 7.05 Å². The van der Waals surface area contributed by atoms with Crippen molar-refractivity contribution in [2.24, 2.45) is 5.92 Å². The van der Waals surface area contributed by atoms with Gasteiger partial charge in [-0.3, -0.25) is 9.59 Å². The van der Waals surface area contributed by atoms with Crippen molar-refractivity contribution < 1.29 is 9.59 Å². The summed E-state index contributed by atoms with van der Waals surface area (Å²) in [7, 11) is 1.66. The first kappa shape index (κ1) is 15.4. The first-order chi connectivity index (χ1) is 10.2. The summed E-state index contributed by atoms with van der Waals surface area (Å²) in [6.45, 7) is 4.06. The van der Waals surface area contributed by atoms with Crippen LogP contribution in [0.25, 0.3) is 0 Å². The molecule has 2 rings (SSSR count). The Hall–Kier alpha value is -2.04. The number of rotatable bonds is 4. The molecule has 1 saturated heterocycles. The van der Waals surface area contributed by atoms with E-state index in [9.17, 15) is 9.59 Å². The van der Waals surface area contributed by atoms with Crippen molar-refractivity contribution in [2.75, 3.05) is 32.0 Å². The second-order valence-corrected chi connectivity index (χ2v) is 5.26. The number of hydrogen-bond acceptors (Lipinski definition) is 3. The van der Waals surface area contributed by atoms with Crippen LogP contribution in [0.1, 0.15) is 30.1 Å². The minimum absolute atomic E-state index is 0.0306. The predicted octanol–water partition coefficient (Wildman–Crippen LogP) is 1.72. The van der Waals surface area contributed by atoms with Gasteiger partial charge in [0.2, 0.25) is 5.91 Å². The summed E-state index contributed by atoms with van der Waals surface area (Å²) in [6, 6.07) is 7.58. The maximum Gasteiger partial charge on any atom is 0.255 e. The van der Waals surface area contributed by atoms with E-state index in [4.69, 9.17) is 0 Å². The maximum atomic E-state index is 12.6. The van der Waals surface area contributed by atoms with Crippen LogP contribution in [0.5, 0.6) is 0 Å². The molecule has 21 heavy (non-hydrogen) atoms. The van der Waals surface area contributed by atoms with E-state index < -0.39 is 0 Å². The zero-order chi connectivity index (χ0) is 15.2. The number of amides is 2. The molecule has 5 nitrogen and oxygen atoms in total. The minimum atomic E-state index is 0.0306. The highest BCUT2D eigenvalue weighted by molar-refractivity contribution is 5.99. The van der Waals surface area contributed by atoms with E-state index in [2.05, 4.69) is 10.6 Å². The van der Waals surface area contributed by atoms with Crippen LogP contribution in [0, 0.1) is 5.92 Å². The van der Waals surface area contributed by atoms with E-state index >= 15 is 0 Å². The van der Waals surface area contributed by atoms with Gasteiger partial charge in [0.1, 0.15) is 0 Å². The summed E-state index contributed by atoms with van der Waals surface area (Å²) < 4.78 is 0. The van der Waals surface area contributed by atoms with Crippen LogP contribution >= 0.6 is 0 Å². The molecule has 0 aromatic heterocycles. The van der Waals surface area contributed by atoms with Crippen molar-refractivity contribution in [3.63, 3.8) is 0 Å². The number of para-hydroxylation sites is 1. The fraction of sp³-hybridized carbons (Fsp3) is 0.500. The van der Waals surface area contributed by atoms with Gasteiger partial charge in [-0.05, 0) is 31.9 Å². The van der Waals surface area contributed by atoms with Gasteiger partial charge in [-0.15, -0.1) is 0 Å². The average molecular weight is 289 g/mol. The molecule has 0 radical (unpaired) electrons. The number of likely N-dealkylation sites (tertiary alicyclic amines) is 1. The molecule has 1 aliphatic heterocycles. The summed E-state index contributed by atoms with van der Waals surface area (Å²) in [4.78, 5) is 26.1. The zero-order valence-corrected chi connectivity index (χ0v) is 12.7. The van der Waals surface area contributed by atoms with Crippen molar-refractivity contribution >= 4 is 17.5 Å². The van der Waals surface area contributed by atoms with Gasteiger partial charge in [0.25, 0.3) is 5.91 Å². The molecule has 1 aromatic carbocycles. The number of benzene rings is 1. The summed E-state index contributed by atoms with van der Waals surface area (Å²) in [5, 5.41) is 5.90. The molecular weight excluding hydrogens is 266 g/mol. The molecule has 0 spiro atoms. The first-order valence-electron chi connectivity index (χ1n) is 7.51. The molecule has 1 fully saturated rings. The number of nitrogens with one attached hydrogen (secondary N) is 2. The SMILES string of the molecule is CCNc1ccccc1C(=O)N1CCC(C(=O)NC)CC1. The molecule has 0 saturated carbocycles. The van der Waals surface area contributed by atoms with Crippen molar-refractivity contribution in [2.45, 2.75) is 19.8 Å². The molecule has 0 bridgehead atoms. The molecule has 1 heterocycles. The number of anilines is 1. The number of carbonyl (C=O) groups excluding carboxylic acids is 2. The fourth-order valence-electron chi connectivity index (χ4n) is 2.73. The van der Waals surface area contributed by atoms with Crippen LogP contribution in [-0.2, 0) is 4.79 Å². The van der Waals surface area contributed by atoms with Crippen molar-refractivity contribution in [3.8, 4) is 0 Å². The van der Waals surface area contributed by atoms with Gasteiger partial charge in [-0.1, -0.05) is 12.1 Å². The van der Waals surface area contributed by atoms with Gasteiger partial charge >= 0.3 is 0 Å². The lowest BCUT2D eigenvalue weighted by Gasteiger charge is -2.31. The molecule has 0 aliphatic carbocycles. The Labute approximate surface area is 125 Å². The van der Waals surface area contributed by atoms with Gasteiger partial charge in [-0.2, -0.15) is 0 Å². The van der Waals surface area contributed by atoms with E-state index in [1.807, 2.05) is 36.1 Å². The molecule has 1 aromatic rings. The lowest BCUT2D eigenvalue weighted by atomic mass is 9.95. The largest absolute Gasteiger partial charge is 0.385 e. The van der Waals surface area contributed by atoms with Crippen LogP contribution in [0.3, 0.4) is 0 Å². The lowest BCUT2D eigenvalue weighted by molar-refractivity contribution is -0.125. The van der Waals surface area contributed by atoms with Crippen molar-refractivity contribution in [1.29, 1.82) is 0 Å². The third kappa shape index (κ3) is 3.54. The summed E-state index contributed by atoms with van der Waals surface area (Å²) >= 11 is 0. The standard InChI is InChI=1S/C16H23N3O2/c1-3-18-14-7-5-4-6-13(14)16(21)19-10-8-12(9-11-19)15(20)17-2/h4-7,12,18H,3,8-11H2,1-2H3,(H,17,20). The Morgan fingerprint density at radius 3 is 2.52 bits per heavy atom. The highest BCUT2D eigenvalue weighted by Gasteiger charge is 2.27. The average Bonchev–Trinajstić information content (AvgIpc) is 2.54. The fourth-order valence-corrected chi connectivity index (χ4v) is 2.73. The van der Waals surface area contributed by atoms with E-state index in [0.29, 0.717) is 18.7 Å². The van der Waals surface area contributed by atoms with Crippen molar-refractivity contribution in [1.82, 2.24) is 10.2 Å². The second kappa shape index (κ2) is 7.11. The van der Waals surface area contributed by atoms with Crippen LogP contribution in [0.2, 0.25) is 0 Å². The van der Waals surface area contributed by atoms with Gasteiger partial charge in [-0.25, -0.2) is 0 Å². The quantitative estimate of drug-likeness (QED) is 0.887. The predicted molar refractivity (Wildman–Crippen MR) is 83.3 cm³/mol. The Kier molecular flexibility index (Phi) is 5.20. The van der Waals surface area contributed by atoms with Crippen LogP contribution in [0.15, 0.2) is 24.3 Å². The normalized spacial score (nSPS) is 15.6. The lowest BCUT2D eigenvalue weighted by Crippen LogP contribution is -2.42. The Bertz CT molecular complexity index is 508. The highest BCUT2D eigenvalue weighted by Crippen LogP contribution is 2.22. The summed E-state index contributed by atoms with van der Waals surface area (Å²) in [5.41, 5.74) is 1.58. The van der Waals surface area contributed by atoms with Gasteiger partial charge in [0, 0.05) is 38.3 Å². The highest BCUT2D eigenvalue weighted by atomic mass is 16.2. The molecule has 2 amide bonds. The number of hydrogen-bond donors (Lipinski definition) is 2. The monoisotopic (exact) mass is 289 g/mol. The first-order valence-corrected chi connectivity index (χ1v) is 7.51. The Morgan fingerprint density at radius 2 is 1.90 bits per heavy atom. The van der Waals surface area contributed by atoms with Crippen LogP contribution in [0.4, 0.5) is 5.69 Å². The Balaban J connectivity index is 2.04. The third-order valence-electron chi connectivity index (χ3n) is 3.92. The van der Waals surface area contributed by atoms with Crippen molar-refractivity contribution in [3.05, 3.63) is 29.8 Å². The smallest absolute Gasteiger partial charge is 0.255 e. The number of piperidine rings is 1. The molecular formula is C16H23N3O2. The van der Waals surface area contributed by atoms with E-state index in [0.717, 1.165) is 25.1 Å². The van der Waals surface area contributed by atoms with Gasteiger partial charge < -0.3 is 15.5 Å². The van der Waals surface area contributed by atoms with E-state index in [1.165, 1.54) is 0 Å².